The molecule has 2 nitrogen and oxygen atoms in total. The minimum Gasteiger partial charge on any atom is -0.349 e. The Bertz CT molecular complexity index is 604. The Morgan fingerprint density at radius 3 is 2.09 bits per heavy atom. The summed E-state index contributed by atoms with van der Waals surface area (Å²) in [4.78, 5) is 12.4. The molecule has 3 heteroatoms. The predicted octanol–water partition coefficient (Wildman–Crippen LogP) is 3.74. The van der Waals surface area contributed by atoms with Crippen LogP contribution in [0.1, 0.15) is 17.5 Å². The van der Waals surface area contributed by atoms with Gasteiger partial charge in [0.1, 0.15) is 0 Å². The van der Waals surface area contributed by atoms with Crippen molar-refractivity contribution in [1.82, 2.24) is 5.32 Å². The largest absolute Gasteiger partial charge is 0.349 e. The van der Waals surface area contributed by atoms with E-state index >= 15 is 0 Å². The highest BCUT2D eigenvalue weighted by atomic mass is 32.2. The van der Waals surface area contributed by atoms with Crippen LogP contribution in [0.5, 0.6) is 0 Å². The van der Waals surface area contributed by atoms with E-state index in [1.165, 1.54) is 0 Å². The fourth-order valence-corrected chi connectivity index (χ4v) is 3.74. The van der Waals surface area contributed by atoms with Gasteiger partial charge in [-0.15, -0.1) is 0 Å². The van der Waals surface area contributed by atoms with Crippen LogP contribution in [0.3, 0.4) is 0 Å². The predicted molar refractivity (Wildman–Crippen MR) is 93.8 cm³/mol. The summed E-state index contributed by atoms with van der Waals surface area (Å²) in [7, 11) is 0. The third-order valence-electron chi connectivity index (χ3n) is 3.72. The van der Waals surface area contributed by atoms with Crippen LogP contribution >= 0.6 is 11.8 Å². The van der Waals surface area contributed by atoms with Crippen LogP contribution in [-0.2, 0) is 4.79 Å². The number of hydrogen-bond donors (Lipinski definition) is 1. The van der Waals surface area contributed by atoms with Crippen LogP contribution in [0.15, 0.2) is 66.7 Å². The number of thioether (sulfide) groups is 1. The maximum Gasteiger partial charge on any atom is 0.244 e. The van der Waals surface area contributed by atoms with Crippen molar-refractivity contribution in [2.45, 2.75) is 12.5 Å². The zero-order chi connectivity index (χ0) is 15.2. The summed E-state index contributed by atoms with van der Waals surface area (Å²) in [5.41, 5.74) is 3.08. The van der Waals surface area contributed by atoms with Crippen molar-refractivity contribution in [3.63, 3.8) is 0 Å². The van der Waals surface area contributed by atoms with E-state index in [4.69, 9.17) is 0 Å². The first kappa shape index (κ1) is 14.9. The van der Waals surface area contributed by atoms with Crippen LogP contribution < -0.4 is 5.32 Å². The number of carbonyl (C=O) groups is 1. The molecular formula is C19H19NOS. The second-order valence-electron chi connectivity index (χ2n) is 5.36. The molecule has 1 amide bonds. The first-order chi connectivity index (χ1) is 10.8. The van der Waals surface area contributed by atoms with Crippen LogP contribution in [-0.4, -0.2) is 23.5 Å². The molecule has 3 rings (SSSR count). The highest BCUT2D eigenvalue weighted by Crippen LogP contribution is 2.23. The lowest BCUT2D eigenvalue weighted by molar-refractivity contribution is -0.116. The molecule has 0 aromatic heterocycles. The smallest absolute Gasteiger partial charge is 0.244 e. The van der Waals surface area contributed by atoms with Gasteiger partial charge >= 0.3 is 0 Å². The van der Waals surface area contributed by atoms with Gasteiger partial charge in [0.25, 0.3) is 0 Å². The lowest BCUT2D eigenvalue weighted by Gasteiger charge is -2.12. The number of rotatable bonds is 4. The molecule has 1 heterocycles. The van der Waals surface area contributed by atoms with E-state index < -0.39 is 0 Å². The zero-order valence-corrected chi connectivity index (χ0v) is 13.2. The number of hydrogen-bond acceptors (Lipinski definition) is 2. The van der Waals surface area contributed by atoms with Crippen molar-refractivity contribution in [2.75, 3.05) is 11.5 Å². The molecule has 1 atom stereocenters. The molecule has 0 spiro atoms. The van der Waals surface area contributed by atoms with Gasteiger partial charge in [-0.3, -0.25) is 4.79 Å². The van der Waals surface area contributed by atoms with Gasteiger partial charge < -0.3 is 5.32 Å². The van der Waals surface area contributed by atoms with E-state index in [-0.39, 0.29) is 5.91 Å². The molecule has 2 aromatic rings. The SMILES string of the molecule is O=C(C=C(c1ccccc1)c1ccccc1)NC1CCSC1. The molecule has 0 radical (unpaired) electrons. The maximum atomic E-state index is 12.4. The summed E-state index contributed by atoms with van der Waals surface area (Å²) in [5.74, 6) is 2.15. The van der Waals surface area contributed by atoms with Crippen molar-refractivity contribution >= 4 is 23.2 Å². The maximum absolute atomic E-state index is 12.4. The fourth-order valence-electron chi connectivity index (χ4n) is 2.59. The summed E-state index contributed by atoms with van der Waals surface area (Å²) in [6, 6.07) is 20.4. The van der Waals surface area contributed by atoms with E-state index in [1.807, 2.05) is 72.4 Å². The van der Waals surface area contributed by atoms with Crippen molar-refractivity contribution in [3.05, 3.63) is 77.9 Å². The van der Waals surface area contributed by atoms with Gasteiger partial charge in [0.15, 0.2) is 0 Å². The summed E-state index contributed by atoms with van der Waals surface area (Å²) in [6.07, 6.45) is 2.80. The molecule has 1 saturated heterocycles. The molecule has 0 bridgehead atoms. The summed E-state index contributed by atoms with van der Waals surface area (Å²) in [6.45, 7) is 0. The van der Waals surface area contributed by atoms with Gasteiger partial charge in [-0.25, -0.2) is 0 Å². The molecule has 1 fully saturated rings. The van der Waals surface area contributed by atoms with Crippen LogP contribution in [0, 0.1) is 0 Å². The fraction of sp³-hybridized carbons (Fsp3) is 0.211. The Balaban J connectivity index is 1.88. The Kier molecular flexibility index (Phi) is 4.96. The summed E-state index contributed by atoms with van der Waals surface area (Å²) < 4.78 is 0. The van der Waals surface area contributed by atoms with Gasteiger partial charge in [-0.1, -0.05) is 60.7 Å². The van der Waals surface area contributed by atoms with Crippen LogP contribution in [0.25, 0.3) is 5.57 Å². The van der Waals surface area contributed by atoms with Crippen molar-refractivity contribution in [2.24, 2.45) is 0 Å². The monoisotopic (exact) mass is 309 g/mol. The Morgan fingerprint density at radius 1 is 1.00 bits per heavy atom. The van der Waals surface area contributed by atoms with E-state index in [9.17, 15) is 4.79 Å². The number of nitrogens with one attached hydrogen (secondary N) is 1. The van der Waals surface area contributed by atoms with E-state index in [1.54, 1.807) is 6.08 Å². The second kappa shape index (κ2) is 7.32. The molecule has 1 unspecified atom stereocenters. The minimum absolute atomic E-state index is 0.00444. The molecule has 112 valence electrons. The van der Waals surface area contributed by atoms with Gasteiger partial charge in [-0.2, -0.15) is 11.8 Å². The van der Waals surface area contributed by atoms with Crippen LogP contribution in [0.2, 0.25) is 0 Å². The number of benzene rings is 2. The lowest BCUT2D eigenvalue weighted by Crippen LogP contribution is -2.33. The first-order valence-electron chi connectivity index (χ1n) is 7.54. The third kappa shape index (κ3) is 3.80. The topological polar surface area (TPSA) is 29.1 Å². The highest BCUT2D eigenvalue weighted by molar-refractivity contribution is 7.99. The molecular weight excluding hydrogens is 290 g/mol. The average molecular weight is 309 g/mol. The Labute approximate surface area is 135 Å². The van der Waals surface area contributed by atoms with E-state index in [2.05, 4.69) is 5.32 Å². The van der Waals surface area contributed by atoms with E-state index in [0.717, 1.165) is 34.6 Å². The molecule has 1 aliphatic rings. The van der Waals surface area contributed by atoms with Gasteiger partial charge in [0, 0.05) is 17.9 Å². The molecule has 0 aliphatic carbocycles. The highest BCUT2D eigenvalue weighted by Gasteiger charge is 2.17. The van der Waals surface area contributed by atoms with Crippen molar-refractivity contribution in [3.8, 4) is 0 Å². The average Bonchev–Trinajstić information content (AvgIpc) is 3.07. The quantitative estimate of drug-likeness (QED) is 0.872. The minimum atomic E-state index is -0.00444. The van der Waals surface area contributed by atoms with Crippen molar-refractivity contribution < 1.29 is 4.79 Å². The van der Waals surface area contributed by atoms with E-state index in [0.29, 0.717) is 6.04 Å². The second-order valence-corrected chi connectivity index (χ2v) is 6.51. The molecule has 1 aliphatic heterocycles. The standard InChI is InChI=1S/C19H19NOS/c21-19(20-17-11-12-22-14-17)13-18(15-7-3-1-4-8-15)16-9-5-2-6-10-16/h1-10,13,17H,11-12,14H2,(H,20,21). The first-order valence-corrected chi connectivity index (χ1v) is 8.69. The number of amides is 1. The van der Waals surface area contributed by atoms with Gasteiger partial charge in [-0.05, 0) is 28.9 Å². The Morgan fingerprint density at radius 2 is 1.59 bits per heavy atom. The molecule has 0 saturated carbocycles. The third-order valence-corrected chi connectivity index (χ3v) is 4.88. The normalized spacial score (nSPS) is 17.0. The molecule has 22 heavy (non-hydrogen) atoms. The number of carbonyl (C=O) groups excluding carboxylic acids is 1. The van der Waals surface area contributed by atoms with Gasteiger partial charge in [0.05, 0.1) is 0 Å². The van der Waals surface area contributed by atoms with Gasteiger partial charge in [0.2, 0.25) is 5.91 Å². The zero-order valence-electron chi connectivity index (χ0n) is 12.4. The molecule has 2 aromatic carbocycles. The molecule has 1 N–H and O–H groups in total. The summed E-state index contributed by atoms with van der Waals surface area (Å²) >= 11 is 1.90. The summed E-state index contributed by atoms with van der Waals surface area (Å²) in [5, 5.41) is 3.11. The van der Waals surface area contributed by atoms with Crippen molar-refractivity contribution in [1.29, 1.82) is 0 Å². The Hall–Kier alpha value is -2.00. The lowest BCUT2D eigenvalue weighted by atomic mass is 9.97. The van der Waals surface area contributed by atoms with Crippen LogP contribution in [0.4, 0.5) is 0 Å².